The van der Waals surface area contributed by atoms with Gasteiger partial charge in [-0.15, -0.1) is 0 Å². The zero-order valence-corrected chi connectivity index (χ0v) is 9.64. The number of pyridine rings is 1. The van der Waals surface area contributed by atoms with Gasteiger partial charge in [0.1, 0.15) is 5.82 Å². The molecule has 0 N–H and O–H groups in total. The number of aryl methyl sites for hydroxylation is 1. The Balaban J connectivity index is 3.17. The molecule has 1 aromatic rings. The largest absolute Gasteiger partial charge is 0.238 e. The topological polar surface area (TPSA) is 47.0 Å². The molecule has 0 atom stereocenters. The summed E-state index contributed by atoms with van der Waals surface area (Å²) >= 11 is 0. The van der Waals surface area contributed by atoms with Gasteiger partial charge in [0, 0.05) is 0 Å². The number of rotatable bonds is 4. The fraction of sp³-hybridized carbons (Fsp3) is 0.500. The smallest absolute Gasteiger partial charge is 0.195 e. The van der Waals surface area contributed by atoms with Crippen molar-refractivity contribution in [2.75, 3.05) is 5.75 Å². The van der Waals surface area contributed by atoms with Crippen LogP contribution in [0, 0.1) is 5.82 Å². The third-order valence-electron chi connectivity index (χ3n) is 2.02. The van der Waals surface area contributed by atoms with Gasteiger partial charge in [-0.2, -0.15) is 0 Å². The van der Waals surface area contributed by atoms with Crippen molar-refractivity contribution in [1.29, 1.82) is 0 Å². The van der Waals surface area contributed by atoms with Gasteiger partial charge >= 0.3 is 0 Å². The number of sulfone groups is 1. The van der Waals surface area contributed by atoms with Crippen molar-refractivity contribution in [3.8, 4) is 0 Å². The standard InChI is InChI=1S/C10H14FNO2S/c1-3-7-15(13,14)10-6-5-8(11)9(4-2)12-10/h5-6H,3-4,7H2,1-2H3. The monoisotopic (exact) mass is 231 g/mol. The zero-order valence-electron chi connectivity index (χ0n) is 8.83. The zero-order chi connectivity index (χ0) is 11.5. The van der Waals surface area contributed by atoms with E-state index in [0.717, 1.165) is 6.07 Å². The molecule has 84 valence electrons. The van der Waals surface area contributed by atoms with Crippen molar-refractivity contribution >= 4 is 9.84 Å². The van der Waals surface area contributed by atoms with E-state index in [0.29, 0.717) is 12.8 Å². The molecule has 0 aromatic carbocycles. The molecular formula is C10H14FNO2S. The van der Waals surface area contributed by atoms with Crippen LogP contribution < -0.4 is 0 Å². The van der Waals surface area contributed by atoms with Gasteiger partial charge < -0.3 is 0 Å². The third kappa shape index (κ3) is 2.75. The molecule has 5 heteroatoms. The van der Waals surface area contributed by atoms with Gasteiger partial charge in [-0.25, -0.2) is 17.8 Å². The van der Waals surface area contributed by atoms with E-state index in [1.54, 1.807) is 13.8 Å². The molecule has 0 unspecified atom stereocenters. The molecule has 0 spiro atoms. The molecule has 0 aliphatic rings. The highest BCUT2D eigenvalue weighted by Crippen LogP contribution is 2.13. The fourth-order valence-electron chi connectivity index (χ4n) is 1.26. The summed E-state index contributed by atoms with van der Waals surface area (Å²) < 4.78 is 36.3. The summed E-state index contributed by atoms with van der Waals surface area (Å²) in [7, 11) is -3.34. The van der Waals surface area contributed by atoms with Crippen LogP contribution in [-0.2, 0) is 16.3 Å². The SMILES string of the molecule is CCCS(=O)(=O)c1ccc(F)c(CC)n1. The number of aromatic nitrogens is 1. The van der Waals surface area contributed by atoms with Gasteiger partial charge in [0.15, 0.2) is 14.9 Å². The number of nitrogens with zero attached hydrogens (tertiary/aromatic N) is 1. The van der Waals surface area contributed by atoms with Crippen LogP contribution in [0.2, 0.25) is 0 Å². The summed E-state index contributed by atoms with van der Waals surface area (Å²) in [6.07, 6.45) is 0.921. The number of hydrogen-bond donors (Lipinski definition) is 0. The highest BCUT2D eigenvalue weighted by atomic mass is 32.2. The van der Waals surface area contributed by atoms with E-state index in [-0.39, 0.29) is 16.5 Å². The summed E-state index contributed by atoms with van der Waals surface area (Å²) in [4.78, 5) is 3.82. The van der Waals surface area contributed by atoms with Gasteiger partial charge in [-0.1, -0.05) is 13.8 Å². The molecule has 3 nitrogen and oxygen atoms in total. The van der Waals surface area contributed by atoms with E-state index in [2.05, 4.69) is 4.98 Å². The second-order valence-electron chi connectivity index (χ2n) is 3.25. The molecule has 1 aromatic heterocycles. The van der Waals surface area contributed by atoms with Crippen LogP contribution in [0.3, 0.4) is 0 Å². The highest BCUT2D eigenvalue weighted by molar-refractivity contribution is 7.91. The molecule has 0 amide bonds. The molecule has 0 saturated heterocycles. The highest BCUT2D eigenvalue weighted by Gasteiger charge is 2.16. The molecule has 0 bridgehead atoms. The Morgan fingerprint density at radius 3 is 2.53 bits per heavy atom. The molecule has 0 radical (unpaired) electrons. The first kappa shape index (κ1) is 12.1. The second kappa shape index (κ2) is 4.70. The maximum Gasteiger partial charge on any atom is 0.195 e. The normalized spacial score (nSPS) is 11.7. The first-order valence-corrected chi connectivity index (χ1v) is 6.54. The van der Waals surface area contributed by atoms with Crippen molar-refractivity contribution < 1.29 is 12.8 Å². The van der Waals surface area contributed by atoms with Gasteiger partial charge in [0.05, 0.1) is 11.4 Å². The summed E-state index contributed by atoms with van der Waals surface area (Å²) in [5.41, 5.74) is 0.201. The van der Waals surface area contributed by atoms with E-state index >= 15 is 0 Å². The van der Waals surface area contributed by atoms with Crippen LogP contribution in [0.5, 0.6) is 0 Å². The van der Waals surface area contributed by atoms with Crippen molar-refractivity contribution in [2.45, 2.75) is 31.7 Å². The summed E-state index contributed by atoms with van der Waals surface area (Å²) in [6.45, 7) is 3.52. The fourth-order valence-corrected chi connectivity index (χ4v) is 2.53. The van der Waals surface area contributed by atoms with Crippen molar-refractivity contribution in [3.63, 3.8) is 0 Å². The molecule has 15 heavy (non-hydrogen) atoms. The quantitative estimate of drug-likeness (QED) is 0.796. The average Bonchev–Trinajstić information content (AvgIpc) is 2.18. The van der Waals surface area contributed by atoms with E-state index in [4.69, 9.17) is 0 Å². The van der Waals surface area contributed by atoms with Gasteiger partial charge in [-0.3, -0.25) is 0 Å². The minimum Gasteiger partial charge on any atom is -0.238 e. The van der Waals surface area contributed by atoms with Gasteiger partial charge in [-0.05, 0) is 25.0 Å². The molecule has 0 aliphatic carbocycles. The lowest BCUT2D eigenvalue weighted by molar-refractivity contribution is 0.579. The van der Waals surface area contributed by atoms with Crippen LogP contribution in [-0.4, -0.2) is 19.2 Å². The summed E-state index contributed by atoms with van der Waals surface area (Å²) in [5.74, 6) is -0.401. The Hall–Kier alpha value is -0.970. The minimum absolute atomic E-state index is 0.0254. The lowest BCUT2D eigenvalue weighted by Gasteiger charge is -2.04. The van der Waals surface area contributed by atoms with E-state index in [9.17, 15) is 12.8 Å². The van der Waals surface area contributed by atoms with E-state index in [1.165, 1.54) is 6.07 Å². The van der Waals surface area contributed by atoms with E-state index < -0.39 is 15.7 Å². The Kier molecular flexibility index (Phi) is 3.79. The molecule has 1 rings (SSSR count). The van der Waals surface area contributed by atoms with Crippen molar-refractivity contribution in [3.05, 3.63) is 23.6 Å². The summed E-state index contributed by atoms with van der Waals surface area (Å²) in [6, 6.07) is 2.38. The molecule has 1 heterocycles. The van der Waals surface area contributed by atoms with Crippen molar-refractivity contribution in [2.24, 2.45) is 0 Å². The van der Waals surface area contributed by atoms with Gasteiger partial charge in [0.25, 0.3) is 0 Å². The first-order chi connectivity index (χ1) is 7.01. The Morgan fingerprint density at radius 1 is 1.33 bits per heavy atom. The number of hydrogen-bond acceptors (Lipinski definition) is 3. The van der Waals surface area contributed by atoms with Crippen LogP contribution in [0.1, 0.15) is 26.0 Å². The predicted octanol–water partition coefficient (Wildman–Crippen LogP) is 1.97. The van der Waals surface area contributed by atoms with Crippen LogP contribution in [0.15, 0.2) is 17.2 Å². The Morgan fingerprint density at radius 2 is 2.00 bits per heavy atom. The van der Waals surface area contributed by atoms with E-state index in [1.807, 2.05) is 0 Å². The second-order valence-corrected chi connectivity index (χ2v) is 5.31. The molecule has 0 aliphatic heterocycles. The lowest BCUT2D eigenvalue weighted by Crippen LogP contribution is -2.10. The first-order valence-electron chi connectivity index (χ1n) is 4.89. The average molecular weight is 231 g/mol. The van der Waals surface area contributed by atoms with Crippen molar-refractivity contribution in [1.82, 2.24) is 4.98 Å². The lowest BCUT2D eigenvalue weighted by atomic mass is 10.3. The Labute approximate surface area is 89.3 Å². The summed E-state index contributed by atoms with van der Waals surface area (Å²) in [5, 5.41) is -0.0254. The van der Waals surface area contributed by atoms with Crippen LogP contribution >= 0.6 is 0 Å². The minimum atomic E-state index is -3.34. The Bertz CT molecular complexity index is 443. The van der Waals surface area contributed by atoms with Crippen LogP contribution in [0.25, 0.3) is 0 Å². The number of halogens is 1. The predicted molar refractivity (Wildman–Crippen MR) is 55.9 cm³/mol. The maximum atomic E-state index is 13.1. The molecule has 0 saturated carbocycles. The maximum absolute atomic E-state index is 13.1. The molecule has 0 fully saturated rings. The van der Waals surface area contributed by atoms with Crippen LogP contribution in [0.4, 0.5) is 4.39 Å². The third-order valence-corrected chi connectivity index (χ3v) is 3.83. The molecular weight excluding hydrogens is 217 g/mol. The van der Waals surface area contributed by atoms with Gasteiger partial charge in [0.2, 0.25) is 0 Å².